The summed E-state index contributed by atoms with van der Waals surface area (Å²) in [7, 11) is -12.0. The third kappa shape index (κ3) is 6.86. The Morgan fingerprint density at radius 2 is 1.64 bits per heavy atom. The van der Waals surface area contributed by atoms with Gasteiger partial charge in [-0.3, -0.25) is 0 Å². The Hall–Kier alpha value is 0.477. The van der Waals surface area contributed by atoms with E-state index in [0.29, 0.717) is 6.04 Å². The first kappa shape index (κ1) is 14.5. The van der Waals surface area contributed by atoms with Crippen molar-refractivity contribution >= 4 is 24.0 Å². The molecule has 0 rings (SSSR count). The molecule has 0 heterocycles. The van der Waals surface area contributed by atoms with Crippen LogP contribution < -0.4 is 0 Å². The molecule has 7 nitrogen and oxygen atoms in total. The predicted molar refractivity (Wildman–Crippen MR) is 52.0 cm³/mol. The van der Waals surface area contributed by atoms with Gasteiger partial charge in [0, 0.05) is 0 Å². The fourth-order valence-electron chi connectivity index (χ4n) is 0.528. The first-order chi connectivity index (χ1) is 5.97. The van der Waals surface area contributed by atoms with E-state index in [1.807, 2.05) is 0 Å². The largest absolute Gasteiger partial charge is 0.478 e. The van der Waals surface area contributed by atoms with E-state index in [1.165, 1.54) is 0 Å². The van der Waals surface area contributed by atoms with Gasteiger partial charge < -0.3 is 18.9 Å². The highest BCUT2D eigenvalue weighted by Gasteiger charge is 2.38. The van der Waals surface area contributed by atoms with Gasteiger partial charge >= 0.3 is 15.6 Å². The zero-order chi connectivity index (χ0) is 11.6. The second-order valence-corrected chi connectivity index (χ2v) is 10.8. The summed E-state index contributed by atoms with van der Waals surface area (Å²) in [5.74, 6) is 0. The van der Waals surface area contributed by atoms with E-state index in [1.54, 1.807) is 20.0 Å². The smallest absolute Gasteiger partial charge is 0.330 e. The summed E-state index contributed by atoms with van der Waals surface area (Å²) in [6, 6.07) is 0.530. The van der Waals surface area contributed by atoms with Crippen molar-refractivity contribution in [3.8, 4) is 0 Å². The van der Waals surface area contributed by atoms with Crippen LogP contribution in [0.2, 0.25) is 19.1 Å². The molecule has 0 spiro atoms. The summed E-state index contributed by atoms with van der Waals surface area (Å²) < 4.78 is 29.7. The van der Waals surface area contributed by atoms with Crippen LogP contribution in [-0.4, -0.2) is 23.0 Å². The van der Waals surface area contributed by atoms with E-state index in [-0.39, 0.29) is 0 Å². The van der Waals surface area contributed by atoms with Crippen molar-refractivity contribution < 1.29 is 32.3 Å². The molecular formula is C4H14O7P2Si. The molecule has 1 unspecified atom stereocenters. The summed E-state index contributed by atoms with van der Waals surface area (Å²) in [6.07, 6.45) is 0. The summed E-state index contributed by atoms with van der Waals surface area (Å²) in [6.45, 7) is 5.03. The standard InChI is InChI=1S/C4H14O7P2Si/c1-4-14(2,3)11-13(8,9)10-12(5,6)7/h4H2,1-3H3,(H,8,9)(H2,5,6,7). The Balaban J connectivity index is 4.51. The minimum absolute atomic E-state index is 0.530. The van der Waals surface area contributed by atoms with Gasteiger partial charge in [-0.1, -0.05) is 6.92 Å². The molecule has 0 aliphatic rings. The van der Waals surface area contributed by atoms with Gasteiger partial charge in [0.05, 0.1) is 0 Å². The lowest BCUT2D eigenvalue weighted by molar-refractivity contribution is 0.228. The Morgan fingerprint density at radius 3 is 1.93 bits per heavy atom. The maximum Gasteiger partial charge on any atom is 0.478 e. The first-order valence-electron chi connectivity index (χ1n) is 3.78. The van der Waals surface area contributed by atoms with Gasteiger partial charge in [0.15, 0.2) is 0 Å². The maximum atomic E-state index is 11.1. The van der Waals surface area contributed by atoms with Crippen molar-refractivity contribution in [2.45, 2.75) is 26.1 Å². The molecule has 0 aliphatic carbocycles. The van der Waals surface area contributed by atoms with Crippen molar-refractivity contribution in [3.05, 3.63) is 0 Å². The van der Waals surface area contributed by atoms with Crippen LogP contribution in [0.3, 0.4) is 0 Å². The van der Waals surface area contributed by atoms with Gasteiger partial charge in [-0.2, -0.15) is 4.31 Å². The van der Waals surface area contributed by atoms with Crippen LogP contribution in [0.15, 0.2) is 0 Å². The molecule has 14 heavy (non-hydrogen) atoms. The van der Waals surface area contributed by atoms with Crippen LogP contribution in [0.5, 0.6) is 0 Å². The topological polar surface area (TPSA) is 113 Å². The van der Waals surface area contributed by atoms with Gasteiger partial charge in [0.25, 0.3) is 0 Å². The molecule has 10 heteroatoms. The normalized spacial score (nSPS) is 17.9. The van der Waals surface area contributed by atoms with Crippen LogP contribution in [0.4, 0.5) is 0 Å². The first-order valence-corrected chi connectivity index (χ1v) is 9.92. The monoisotopic (exact) mass is 264 g/mol. The second kappa shape index (κ2) is 4.55. The molecule has 0 saturated heterocycles. The SMILES string of the molecule is CC[Si](C)(C)OP(=O)(O)OP(=O)(O)O. The molecule has 0 fully saturated rings. The number of rotatable bonds is 5. The number of phosphoric acid groups is 2. The third-order valence-electron chi connectivity index (χ3n) is 1.42. The van der Waals surface area contributed by atoms with Gasteiger partial charge in [0.2, 0.25) is 8.32 Å². The van der Waals surface area contributed by atoms with Gasteiger partial charge in [-0.25, -0.2) is 9.13 Å². The zero-order valence-electron chi connectivity index (χ0n) is 8.08. The van der Waals surface area contributed by atoms with Crippen LogP contribution in [0.25, 0.3) is 0 Å². The third-order valence-corrected chi connectivity index (χ3v) is 7.70. The van der Waals surface area contributed by atoms with E-state index in [4.69, 9.17) is 14.7 Å². The maximum absolute atomic E-state index is 11.1. The predicted octanol–water partition coefficient (Wildman–Crippen LogP) is 1.44. The highest BCUT2D eigenvalue weighted by molar-refractivity contribution is 7.61. The van der Waals surface area contributed by atoms with Gasteiger partial charge in [0.1, 0.15) is 0 Å². The van der Waals surface area contributed by atoms with E-state index < -0.39 is 24.0 Å². The van der Waals surface area contributed by atoms with Crippen molar-refractivity contribution in [2.24, 2.45) is 0 Å². The van der Waals surface area contributed by atoms with Crippen molar-refractivity contribution in [1.82, 2.24) is 0 Å². The fourth-order valence-corrected chi connectivity index (χ4v) is 5.05. The average molecular weight is 264 g/mol. The van der Waals surface area contributed by atoms with Crippen LogP contribution in [0.1, 0.15) is 6.92 Å². The van der Waals surface area contributed by atoms with E-state index >= 15 is 0 Å². The lowest BCUT2D eigenvalue weighted by Crippen LogP contribution is -2.27. The fraction of sp³-hybridized carbons (Fsp3) is 1.00. The molecule has 0 amide bonds. The van der Waals surface area contributed by atoms with Gasteiger partial charge in [-0.05, 0) is 19.1 Å². The zero-order valence-corrected chi connectivity index (χ0v) is 10.9. The highest BCUT2D eigenvalue weighted by Crippen LogP contribution is 2.58. The minimum Gasteiger partial charge on any atom is -0.330 e. The van der Waals surface area contributed by atoms with E-state index in [2.05, 4.69) is 8.52 Å². The molecule has 0 aromatic heterocycles. The second-order valence-electron chi connectivity index (χ2n) is 3.25. The van der Waals surface area contributed by atoms with Crippen molar-refractivity contribution in [1.29, 1.82) is 0 Å². The van der Waals surface area contributed by atoms with Crippen LogP contribution in [-0.2, 0) is 17.7 Å². The molecule has 0 aromatic carbocycles. The van der Waals surface area contributed by atoms with E-state index in [0.717, 1.165) is 0 Å². The summed E-state index contributed by atoms with van der Waals surface area (Å²) >= 11 is 0. The Labute approximate surface area is 83.0 Å². The molecule has 0 aliphatic heterocycles. The number of hydrogen-bond donors (Lipinski definition) is 3. The lowest BCUT2D eigenvalue weighted by atomic mass is 11.0. The lowest BCUT2D eigenvalue weighted by Gasteiger charge is -2.23. The van der Waals surface area contributed by atoms with Gasteiger partial charge in [-0.15, -0.1) is 0 Å². The average Bonchev–Trinajstić information content (AvgIpc) is 1.78. The van der Waals surface area contributed by atoms with E-state index in [9.17, 15) is 9.13 Å². The Bertz CT molecular complexity index is 283. The molecule has 86 valence electrons. The van der Waals surface area contributed by atoms with Crippen molar-refractivity contribution in [3.63, 3.8) is 0 Å². The molecule has 1 atom stereocenters. The molecule has 0 radical (unpaired) electrons. The quantitative estimate of drug-likeness (QED) is 0.508. The molecule has 0 aromatic rings. The summed E-state index contributed by atoms with van der Waals surface area (Å²) in [5.41, 5.74) is 0. The van der Waals surface area contributed by atoms with Crippen LogP contribution in [0, 0.1) is 0 Å². The molecule has 3 N–H and O–H groups in total. The highest BCUT2D eigenvalue weighted by atomic mass is 31.3. The van der Waals surface area contributed by atoms with Crippen molar-refractivity contribution in [2.75, 3.05) is 0 Å². The number of hydrogen-bond acceptors (Lipinski definition) is 4. The Morgan fingerprint density at radius 1 is 1.21 bits per heavy atom. The minimum atomic E-state index is -5.00. The molecular weight excluding hydrogens is 250 g/mol. The Kier molecular flexibility index (Phi) is 4.70. The summed E-state index contributed by atoms with van der Waals surface area (Å²) in [5, 5.41) is 0. The molecule has 0 saturated carbocycles. The molecule has 0 bridgehead atoms. The summed E-state index contributed by atoms with van der Waals surface area (Å²) in [4.78, 5) is 25.6. The van der Waals surface area contributed by atoms with Crippen LogP contribution >= 0.6 is 15.6 Å².